The molecule has 0 aromatic carbocycles. The molecule has 96 valence electrons. The van der Waals surface area contributed by atoms with Crippen molar-refractivity contribution in [1.82, 2.24) is 20.1 Å². The van der Waals surface area contributed by atoms with Gasteiger partial charge in [-0.2, -0.15) is 5.10 Å². The maximum Gasteiger partial charge on any atom is 0.156 e. The van der Waals surface area contributed by atoms with Crippen LogP contribution in [0, 0.1) is 5.92 Å². The SMILES string of the molecule is Cn1nc(C(C)(C)C)nc1CC1CCCNC1. The lowest BCUT2D eigenvalue weighted by molar-refractivity contribution is 0.366. The first kappa shape index (κ1) is 12.6. The molecule has 1 fully saturated rings. The Bertz CT molecular complexity index is 369. The van der Waals surface area contributed by atoms with Gasteiger partial charge in [-0.25, -0.2) is 4.98 Å². The van der Waals surface area contributed by atoms with Crippen LogP contribution in [0.25, 0.3) is 0 Å². The van der Waals surface area contributed by atoms with Gasteiger partial charge in [0.15, 0.2) is 5.82 Å². The summed E-state index contributed by atoms with van der Waals surface area (Å²) in [4.78, 5) is 4.70. The minimum Gasteiger partial charge on any atom is -0.316 e. The largest absolute Gasteiger partial charge is 0.316 e. The van der Waals surface area contributed by atoms with E-state index >= 15 is 0 Å². The van der Waals surface area contributed by atoms with E-state index in [1.165, 1.54) is 19.4 Å². The summed E-state index contributed by atoms with van der Waals surface area (Å²) in [6.45, 7) is 8.77. The van der Waals surface area contributed by atoms with Crippen molar-refractivity contribution >= 4 is 0 Å². The molecule has 4 heteroatoms. The maximum absolute atomic E-state index is 4.70. The molecule has 0 saturated carbocycles. The highest BCUT2D eigenvalue weighted by Gasteiger charge is 2.22. The Morgan fingerprint density at radius 1 is 1.41 bits per heavy atom. The van der Waals surface area contributed by atoms with Gasteiger partial charge < -0.3 is 5.32 Å². The molecule has 0 radical (unpaired) electrons. The lowest BCUT2D eigenvalue weighted by Crippen LogP contribution is -2.31. The molecule has 1 unspecified atom stereocenters. The van der Waals surface area contributed by atoms with E-state index in [1.807, 2.05) is 11.7 Å². The highest BCUT2D eigenvalue weighted by molar-refractivity contribution is 5.04. The van der Waals surface area contributed by atoms with Gasteiger partial charge in [-0.15, -0.1) is 0 Å². The molecule has 0 spiro atoms. The average Bonchev–Trinajstić information content (AvgIpc) is 2.62. The van der Waals surface area contributed by atoms with Crippen LogP contribution in [0.2, 0.25) is 0 Å². The molecule has 17 heavy (non-hydrogen) atoms. The van der Waals surface area contributed by atoms with Crippen LogP contribution in [0.5, 0.6) is 0 Å². The van der Waals surface area contributed by atoms with Crippen LogP contribution in [0.3, 0.4) is 0 Å². The summed E-state index contributed by atoms with van der Waals surface area (Å²) in [6, 6.07) is 0. The van der Waals surface area contributed by atoms with Crippen molar-refractivity contribution < 1.29 is 0 Å². The van der Waals surface area contributed by atoms with Crippen molar-refractivity contribution in [3.8, 4) is 0 Å². The summed E-state index contributed by atoms with van der Waals surface area (Å²) in [5.41, 5.74) is 0.0425. The second-order valence-corrected chi connectivity index (χ2v) is 6.14. The quantitative estimate of drug-likeness (QED) is 0.849. The molecule has 0 aliphatic carbocycles. The number of hydrogen-bond donors (Lipinski definition) is 1. The highest BCUT2D eigenvalue weighted by atomic mass is 15.3. The Morgan fingerprint density at radius 3 is 2.71 bits per heavy atom. The summed E-state index contributed by atoms with van der Waals surface area (Å²) in [5.74, 6) is 2.81. The zero-order chi connectivity index (χ0) is 12.5. The minimum absolute atomic E-state index is 0.0425. The second-order valence-electron chi connectivity index (χ2n) is 6.14. The molecular weight excluding hydrogens is 212 g/mol. The third-order valence-corrected chi connectivity index (χ3v) is 3.39. The minimum atomic E-state index is 0.0425. The van der Waals surface area contributed by atoms with Crippen molar-refractivity contribution in [2.75, 3.05) is 13.1 Å². The molecule has 0 bridgehead atoms. The normalized spacial score (nSPS) is 21.8. The Labute approximate surface area is 104 Å². The molecular formula is C13H24N4. The number of aryl methyl sites for hydroxylation is 1. The van der Waals surface area contributed by atoms with Gasteiger partial charge in [-0.3, -0.25) is 4.68 Å². The average molecular weight is 236 g/mol. The summed E-state index contributed by atoms with van der Waals surface area (Å²) in [7, 11) is 2.01. The fourth-order valence-electron chi connectivity index (χ4n) is 2.27. The van der Waals surface area contributed by atoms with E-state index in [9.17, 15) is 0 Å². The fourth-order valence-corrected chi connectivity index (χ4v) is 2.27. The molecule has 0 amide bonds. The van der Waals surface area contributed by atoms with Gasteiger partial charge in [0.25, 0.3) is 0 Å². The Hall–Kier alpha value is -0.900. The molecule has 1 aliphatic rings. The van der Waals surface area contributed by atoms with E-state index in [2.05, 4.69) is 31.2 Å². The number of nitrogens with one attached hydrogen (secondary N) is 1. The van der Waals surface area contributed by atoms with Crippen LogP contribution in [0.4, 0.5) is 0 Å². The first-order chi connectivity index (χ1) is 7.97. The first-order valence-corrected chi connectivity index (χ1v) is 6.58. The molecule has 1 saturated heterocycles. The number of aromatic nitrogens is 3. The predicted molar refractivity (Wildman–Crippen MR) is 69.0 cm³/mol. The van der Waals surface area contributed by atoms with Crippen molar-refractivity contribution in [2.45, 2.75) is 45.4 Å². The Kier molecular flexibility index (Phi) is 3.52. The monoisotopic (exact) mass is 236 g/mol. The van der Waals surface area contributed by atoms with Crippen LogP contribution >= 0.6 is 0 Å². The summed E-state index contributed by atoms with van der Waals surface area (Å²) in [5, 5.41) is 7.99. The van der Waals surface area contributed by atoms with Crippen LogP contribution in [-0.4, -0.2) is 27.9 Å². The van der Waals surface area contributed by atoms with Crippen molar-refractivity contribution in [2.24, 2.45) is 13.0 Å². The molecule has 2 rings (SSSR count). The second kappa shape index (κ2) is 4.77. The first-order valence-electron chi connectivity index (χ1n) is 6.58. The van der Waals surface area contributed by atoms with Crippen LogP contribution in [0.1, 0.15) is 45.3 Å². The van der Waals surface area contributed by atoms with Gasteiger partial charge in [0.1, 0.15) is 5.82 Å². The van der Waals surface area contributed by atoms with Gasteiger partial charge in [-0.05, 0) is 31.8 Å². The standard InChI is InChI=1S/C13H24N4/c1-13(2,3)12-15-11(17(4)16-12)8-10-6-5-7-14-9-10/h10,14H,5-9H2,1-4H3. The van der Waals surface area contributed by atoms with Gasteiger partial charge in [0.2, 0.25) is 0 Å². The third kappa shape index (κ3) is 3.06. The fraction of sp³-hybridized carbons (Fsp3) is 0.846. The van der Waals surface area contributed by atoms with E-state index in [1.54, 1.807) is 0 Å². The Balaban J connectivity index is 2.07. The van der Waals surface area contributed by atoms with Gasteiger partial charge in [-0.1, -0.05) is 20.8 Å². The lowest BCUT2D eigenvalue weighted by atomic mass is 9.95. The number of nitrogens with zero attached hydrogens (tertiary/aromatic N) is 3. The topological polar surface area (TPSA) is 42.7 Å². The third-order valence-electron chi connectivity index (χ3n) is 3.39. The van der Waals surface area contributed by atoms with Gasteiger partial charge in [0.05, 0.1) is 0 Å². The number of rotatable bonds is 2. The zero-order valence-corrected chi connectivity index (χ0v) is 11.5. The summed E-state index contributed by atoms with van der Waals surface area (Å²) >= 11 is 0. The number of hydrogen-bond acceptors (Lipinski definition) is 3. The predicted octanol–water partition coefficient (Wildman–Crippen LogP) is 1.65. The van der Waals surface area contributed by atoms with Crippen molar-refractivity contribution in [3.05, 3.63) is 11.6 Å². The van der Waals surface area contributed by atoms with E-state index in [-0.39, 0.29) is 5.41 Å². The molecule has 1 aromatic rings. The summed E-state index contributed by atoms with van der Waals surface area (Å²) in [6.07, 6.45) is 3.64. The van der Waals surface area contributed by atoms with E-state index in [0.29, 0.717) is 0 Å². The Morgan fingerprint density at radius 2 is 2.18 bits per heavy atom. The molecule has 4 nitrogen and oxygen atoms in total. The lowest BCUT2D eigenvalue weighted by Gasteiger charge is -2.21. The van der Waals surface area contributed by atoms with Gasteiger partial charge >= 0.3 is 0 Å². The molecule has 1 N–H and O–H groups in total. The molecule has 1 aliphatic heterocycles. The number of piperidine rings is 1. The molecule has 1 aromatic heterocycles. The van der Waals surface area contributed by atoms with E-state index in [4.69, 9.17) is 4.98 Å². The van der Waals surface area contributed by atoms with Crippen LogP contribution < -0.4 is 5.32 Å². The van der Waals surface area contributed by atoms with Gasteiger partial charge in [0, 0.05) is 18.9 Å². The smallest absolute Gasteiger partial charge is 0.156 e. The highest BCUT2D eigenvalue weighted by Crippen LogP contribution is 2.20. The van der Waals surface area contributed by atoms with Crippen LogP contribution in [0.15, 0.2) is 0 Å². The van der Waals surface area contributed by atoms with Crippen LogP contribution in [-0.2, 0) is 18.9 Å². The van der Waals surface area contributed by atoms with E-state index in [0.717, 1.165) is 30.5 Å². The molecule has 1 atom stereocenters. The van der Waals surface area contributed by atoms with Crippen molar-refractivity contribution in [1.29, 1.82) is 0 Å². The zero-order valence-electron chi connectivity index (χ0n) is 11.5. The van der Waals surface area contributed by atoms with E-state index < -0.39 is 0 Å². The maximum atomic E-state index is 4.70. The summed E-state index contributed by atoms with van der Waals surface area (Å²) < 4.78 is 1.95. The molecule has 2 heterocycles. The van der Waals surface area contributed by atoms with Crippen molar-refractivity contribution in [3.63, 3.8) is 0 Å².